The molecule has 0 aliphatic heterocycles. The van der Waals surface area contributed by atoms with Gasteiger partial charge in [0.25, 0.3) is 5.69 Å². The van der Waals surface area contributed by atoms with E-state index < -0.39 is 4.92 Å². The highest BCUT2D eigenvalue weighted by molar-refractivity contribution is 6.31. The minimum absolute atomic E-state index is 0.0457. The van der Waals surface area contributed by atoms with E-state index >= 15 is 0 Å². The molecule has 6 nitrogen and oxygen atoms in total. The molecule has 0 atom stereocenters. The lowest BCUT2D eigenvalue weighted by molar-refractivity contribution is -0.385. The van der Waals surface area contributed by atoms with E-state index in [2.05, 4.69) is 10.0 Å². The number of nitro groups is 1. The Morgan fingerprint density at radius 2 is 2.33 bits per heavy atom. The fraction of sp³-hybridized carbons (Fsp3) is 0.250. The van der Waals surface area contributed by atoms with Crippen molar-refractivity contribution in [3.8, 4) is 0 Å². The van der Waals surface area contributed by atoms with Crippen molar-refractivity contribution in [2.75, 3.05) is 6.54 Å². The third-order valence-corrected chi connectivity index (χ3v) is 2.17. The molecular weight excluding hydrogens is 220 g/mol. The lowest BCUT2D eigenvalue weighted by Gasteiger charge is -2.02. The summed E-state index contributed by atoms with van der Waals surface area (Å²) in [4.78, 5) is 12.7. The minimum Gasteiger partial charge on any atom is -0.258 e. The fourth-order valence-corrected chi connectivity index (χ4v) is 1.44. The summed E-state index contributed by atoms with van der Waals surface area (Å²) in [5.41, 5.74) is 8.44. The number of nitro benzene ring substituents is 1. The van der Waals surface area contributed by atoms with Gasteiger partial charge < -0.3 is 0 Å². The van der Waals surface area contributed by atoms with Crippen LogP contribution >= 0.6 is 11.6 Å². The Morgan fingerprint density at radius 3 is 2.93 bits per heavy atom. The maximum Gasteiger partial charge on any atom is 0.274 e. The first-order valence-electron chi connectivity index (χ1n) is 4.09. The maximum atomic E-state index is 10.7. The predicted molar refractivity (Wildman–Crippen MR) is 55.8 cm³/mol. The smallest absolute Gasteiger partial charge is 0.258 e. The molecule has 0 spiro atoms. The highest BCUT2D eigenvalue weighted by Gasteiger charge is 2.15. The number of rotatable bonds is 4. The third kappa shape index (κ3) is 2.83. The van der Waals surface area contributed by atoms with Gasteiger partial charge in [0.2, 0.25) is 0 Å². The molecule has 0 aromatic heterocycles. The topological polar surface area (TPSA) is 91.9 Å². The molecule has 15 heavy (non-hydrogen) atoms. The van der Waals surface area contributed by atoms with Crippen molar-refractivity contribution in [1.82, 2.24) is 0 Å². The van der Waals surface area contributed by atoms with Crippen LogP contribution in [0.3, 0.4) is 0 Å². The summed E-state index contributed by atoms with van der Waals surface area (Å²) in [6.07, 6.45) is 0.264. The molecule has 0 aliphatic carbocycles. The average molecular weight is 227 g/mol. The number of benzene rings is 1. The van der Waals surface area contributed by atoms with Crippen molar-refractivity contribution < 1.29 is 4.92 Å². The first-order valence-corrected chi connectivity index (χ1v) is 4.47. The molecule has 0 heterocycles. The SMILES string of the molecule is [N-]=[N+]=NCCc1c(Cl)cccc1[N+](=O)[O-]. The van der Waals surface area contributed by atoms with Crippen molar-refractivity contribution in [2.24, 2.45) is 5.11 Å². The molecule has 0 N–H and O–H groups in total. The molecular formula is C8H7ClN4O2. The van der Waals surface area contributed by atoms with Crippen molar-refractivity contribution in [2.45, 2.75) is 6.42 Å². The Bertz CT molecular complexity index is 429. The fourth-order valence-electron chi connectivity index (χ4n) is 1.17. The van der Waals surface area contributed by atoms with Gasteiger partial charge in [-0.15, -0.1) is 0 Å². The normalized spacial score (nSPS) is 9.40. The highest BCUT2D eigenvalue weighted by Crippen LogP contribution is 2.26. The average Bonchev–Trinajstić information content (AvgIpc) is 2.20. The van der Waals surface area contributed by atoms with Crippen LogP contribution < -0.4 is 0 Å². The second-order valence-corrected chi connectivity index (χ2v) is 3.11. The standard InChI is InChI=1S/C8H7ClN4O2/c9-7-2-1-3-8(13(14)15)6(7)4-5-11-12-10/h1-3H,4-5H2. The molecule has 78 valence electrons. The lowest BCUT2D eigenvalue weighted by atomic mass is 10.1. The summed E-state index contributed by atoms with van der Waals surface area (Å²) < 4.78 is 0. The largest absolute Gasteiger partial charge is 0.274 e. The van der Waals surface area contributed by atoms with E-state index in [0.29, 0.717) is 10.6 Å². The van der Waals surface area contributed by atoms with Gasteiger partial charge in [-0.05, 0) is 18.0 Å². The van der Waals surface area contributed by atoms with Gasteiger partial charge in [0, 0.05) is 23.1 Å². The first-order chi connectivity index (χ1) is 7.16. The molecule has 0 amide bonds. The molecule has 0 aliphatic rings. The van der Waals surface area contributed by atoms with Crippen LogP contribution in [0.4, 0.5) is 5.69 Å². The van der Waals surface area contributed by atoms with E-state index in [-0.39, 0.29) is 18.7 Å². The predicted octanol–water partition coefficient (Wildman–Crippen LogP) is 3.10. The van der Waals surface area contributed by atoms with E-state index in [4.69, 9.17) is 17.1 Å². The zero-order valence-electron chi connectivity index (χ0n) is 7.63. The van der Waals surface area contributed by atoms with Crippen molar-refractivity contribution in [1.29, 1.82) is 0 Å². The quantitative estimate of drug-likeness (QED) is 0.259. The van der Waals surface area contributed by atoms with Gasteiger partial charge in [-0.3, -0.25) is 10.1 Å². The number of azide groups is 1. The van der Waals surface area contributed by atoms with E-state index in [1.807, 2.05) is 0 Å². The number of hydrogen-bond donors (Lipinski definition) is 0. The molecule has 0 unspecified atom stereocenters. The molecule has 7 heteroatoms. The molecule has 1 aromatic carbocycles. The third-order valence-electron chi connectivity index (χ3n) is 1.82. The summed E-state index contributed by atoms with van der Waals surface area (Å²) in [6, 6.07) is 4.45. The van der Waals surface area contributed by atoms with Crippen LogP contribution in [-0.4, -0.2) is 11.5 Å². The van der Waals surface area contributed by atoms with Crippen LogP contribution in [0.5, 0.6) is 0 Å². The molecule has 0 radical (unpaired) electrons. The molecule has 0 fully saturated rings. The van der Waals surface area contributed by atoms with Crippen LogP contribution in [-0.2, 0) is 6.42 Å². The van der Waals surface area contributed by atoms with E-state index in [9.17, 15) is 10.1 Å². The molecule has 1 aromatic rings. The van der Waals surface area contributed by atoms with Gasteiger partial charge in [-0.25, -0.2) is 0 Å². The van der Waals surface area contributed by atoms with Crippen LogP contribution in [0.1, 0.15) is 5.56 Å². The Kier molecular flexibility index (Phi) is 3.91. The Morgan fingerprint density at radius 1 is 1.60 bits per heavy atom. The van der Waals surface area contributed by atoms with Crippen LogP contribution in [0.2, 0.25) is 5.02 Å². The van der Waals surface area contributed by atoms with Crippen LogP contribution in [0.15, 0.2) is 23.3 Å². The zero-order chi connectivity index (χ0) is 11.3. The molecule has 0 bridgehead atoms. The Hall–Kier alpha value is -1.78. The summed E-state index contributed by atoms with van der Waals surface area (Å²) in [5.74, 6) is 0. The van der Waals surface area contributed by atoms with Gasteiger partial charge in [0.15, 0.2) is 0 Å². The van der Waals surface area contributed by atoms with E-state index in [0.717, 1.165) is 0 Å². The molecule has 0 saturated carbocycles. The maximum absolute atomic E-state index is 10.7. The highest BCUT2D eigenvalue weighted by atomic mass is 35.5. The number of nitrogens with zero attached hydrogens (tertiary/aromatic N) is 4. The van der Waals surface area contributed by atoms with Gasteiger partial charge in [0.1, 0.15) is 0 Å². The van der Waals surface area contributed by atoms with Crippen molar-refractivity contribution >= 4 is 17.3 Å². The monoisotopic (exact) mass is 226 g/mol. The summed E-state index contributed by atoms with van der Waals surface area (Å²) in [5, 5.41) is 14.3. The van der Waals surface area contributed by atoms with Gasteiger partial charge >= 0.3 is 0 Å². The van der Waals surface area contributed by atoms with Gasteiger partial charge in [-0.2, -0.15) is 0 Å². The number of halogens is 1. The summed E-state index contributed by atoms with van der Waals surface area (Å²) in [7, 11) is 0. The van der Waals surface area contributed by atoms with Crippen molar-refractivity contribution in [3.63, 3.8) is 0 Å². The molecule has 0 saturated heterocycles. The Labute approximate surface area is 90.3 Å². The number of hydrogen-bond acceptors (Lipinski definition) is 3. The zero-order valence-corrected chi connectivity index (χ0v) is 8.39. The van der Waals surface area contributed by atoms with Crippen LogP contribution in [0, 0.1) is 10.1 Å². The second kappa shape index (κ2) is 5.19. The summed E-state index contributed by atoms with van der Waals surface area (Å²) in [6.45, 7) is 0.154. The van der Waals surface area contributed by atoms with Crippen molar-refractivity contribution in [3.05, 3.63) is 49.3 Å². The van der Waals surface area contributed by atoms with Gasteiger partial charge in [-0.1, -0.05) is 22.8 Å². The minimum atomic E-state index is -0.503. The van der Waals surface area contributed by atoms with E-state index in [1.54, 1.807) is 6.07 Å². The first kappa shape index (κ1) is 11.3. The van der Waals surface area contributed by atoms with E-state index in [1.165, 1.54) is 12.1 Å². The second-order valence-electron chi connectivity index (χ2n) is 2.70. The molecule has 1 rings (SSSR count). The van der Waals surface area contributed by atoms with Gasteiger partial charge in [0.05, 0.1) is 9.95 Å². The van der Waals surface area contributed by atoms with Crippen LogP contribution in [0.25, 0.3) is 10.4 Å². The summed E-state index contributed by atoms with van der Waals surface area (Å²) >= 11 is 5.81. The lowest BCUT2D eigenvalue weighted by Crippen LogP contribution is -1.98. The Balaban J connectivity index is 3.01.